The number of nitrogens with zero attached hydrogens (tertiary/aromatic N) is 2. The smallest absolute Gasteiger partial charge is 0.226 e. The molecule has 5 nitrogen and oxygen atoms in total. The maximum Gasteiger partial charge on any atom is 0.226 e. The molecule has 1 aromatic heterocycles. The van der Waals surface area contributed by atoms with Crippen molar-refractivity contribution in [3.8, 4) is 0 Å². The Kier molecular flexibility index (Phi) is 5.08. The number of ether oxygens (including phenoxy) is 1. The number of nitrogens with two attached hydrogens (primary N) is 1. The molecule has 0 fully saturated rings. The fraction of sp³-hybridized carbons (Fsp3) is 0.833. The van der Waals surface area contributed by atoms with Gasteiger partial charge in [-0.3, -0.25) is 0 Å². The minimum Gasteiger partial charge on any atom is -0.370 e. The summed E-state index contributed by atoms with van der Waals surface area (Å²) in [4.78, 5) is 4.34. The van der Waals surface area contributed by atoms with Gasteiger partial charge >= 0.3 is 0 Å². The van der Waals surface area contributed by atoms with E-state index in [1.807, 2.05) is 27.7 Å². The van der Waals surface area contributed by atoms with Gasteiger partial charge in [0.05, 0.1) is 0 Å². The zero-order valence-corrected chi connectivity index (χ0v) is 11.2. The molecular formula is C12H23N3O2. The SMILES string of the molecule is CCOC(CC)c1noc(CCC(C)(C)N)n1. The lowest BCUT2D eigenvalue weighted by Crippen LogP contribution is -2.32. The molecule has 0 bridgehead atoms. The van der Waals surface area contributed by atoms with Crippen molar-refractivity contribution in [3.05, 3.63) is 11.7 Å². The summed E-state index contributed by atoms with van der Waals surface area (Å²) in [5, 5.41) is 3.95. The van der Waals surface area contributed by atoms with E-state index in [-0.39, 0.29) is 11.6 Å². The highest BCUT2D eigenvalue weighted by Crippen LogP contribution is 2.18. The summed E-state index contributed by atoms with van der Waals surface area (Å²) >= 11 is 0. The summed E-state index contributed by atoms with van der Waals surface area (Å²) in [6.07, 6.45) is 2.30. The van der Waals surface area contributed by atoms with Gasteiger partial charge in [0.15, 0.2) is 0 Å². The second-order valence-electron chi connectivity index (χ2n) is 4.89. The van der Waals surface area contributed by atoms with Gasteiger partial charge in [-0.2, -0.15) is 4.98 Å². The molecule has 1 atom stereocenters. The lowest BCUT2D eigenvalue weighted by Gasteiger charge is -2.16. The highest BCUT2D eigenvalue weighted by Gasteiger charge is 2.18. The fourth-order valence-electron chi connectivity index (χ4n) is 1.51. The van der Waals surface area contributed by atoms with Gasteiger partial charge in [0.2, 0.25) is 11.7 Å². The summed E-state index contributed by atoms with van der Waals surface area (Å²) in [5.41, 5.74) is 5.70. The van der Waals surface area contributed by atoms with Crippen LogP contribution < -0.4 is 5.73 Å². The molecule has 1 heterocycles. The Labute approximate surface area is 103 Å². The Balaban J connectivity index is 2.58. The van der Waals surface area contributed by atoms with E-state index >= 15 is 0 Å². The number of hydrogen-bond acceptors (Lipinski definition) is 5. The third kappa shape index (κ3) is 4.83. The first-order chi connectivity index (χ1) is 7.96. The van der Waals surface area contributed by atoms with Crippen molar-refractivity contribution >= 4 is 0 Å². The molecule has 0 aliphatic rings. The first-order valence-corrected chi connectivity index (χ1v) is 6.19. The van der Waals surface area contributed by atoms with E-state index in [0.717, 1.165) is 12.8 Å². The second kappa shape index (κ2) is 6.12. The zero-order valence-electron chi connectivity index (χ0n) is 11.2. The van der Waals surface area contributed by atoms with Crippen LogP contribution in [-0.4, -0.2) is 22.3 Å². The van der Waals surface area contributed by atoms with Crippen molar-refractivity contribution < 1.29 is 9.26 Å². The molecule has 5 heteroatoms. The Bertz CT molecular complexity index is 331. The summed E-state index contributed by atoms with van der Waals surface area (Å²) in [6.45, 7) is 8.62. The minimum atomic E-state index is -0.210. The monoisotopic (exact) mass is 241 g/mol. The Morgan fingerprint density at radius 1 is 1.41 bits per heavy atom. The fourth-order valence-corrected chi connectivity index (χ4v) is 1.51. The van der Waals surface area contributed by atoms with Gasteiger partial charge in [-0.05, 0) is 33.6 Å². The largest absolute Gasteiger partial charge is 0.370 e. The molecule has 0 saturated heterocycles. The topological polar surface area (TPSA) is 74.2 Å². The molecule has 0 saturated carbocycles. The predicted octanol–water partition coefficient (Wildman–Crippen LogP) is 2.23. The summed E-state index contributed by atoms with van der Waals surface area (Å²) < 4.78 is 10.7. The highest BCUT2D eigenvalue weighted by atomic mass is 16.5. The number of aromatic nitrogens is 2. The van der Waals surface area contributed by atoms with Crippen LogP contribution >= 0.6 is 0 Å². The van der Waals surface area contributed by atoms with Crippen LogP contribution in [-0.2, 0) is 11.2 Å². The number of aryl methyl sites for hydroxylation is 1. The highest BCUT2D eigenvalue weighted by molar-refractivity contribution is 4.92. The van der Waals surface area contributed by atoms with Gasteiger partial charge in [0.1, 0.15) is 6.10 Å². The predicted molar refractivity (Wildman–Crippen MR) is 65.5 cm³/mol. The van der Waals surface area contributed by atoms with E-state index in [2.05, 4.69) is 10.1 Å². The Morgan fingerprint density at radius 2 is 2.12 bits per heavy atom. The molecule has 98 valence electrons. The molecule has 0 spiro atoms. The van der Waals surface area contributed by atoms with E-state index in [0.29, 0.717) is 24.7 Å². The summed E-state index contributed by atoms with van der Waals surface area (Å²) in [6, 6.07) is 0. The third-order valence-corrected chi connectivity index (χ3v) is 2.49. The average Bonchev–Trinajstić information content (AvgIpc) is 2.70. The van der Waals surface area contributed by atoms with Crippen molar-refractivity contribution in [3.63, 3.8) is 0 Å². The van der Waals surface area contributed by atoms with Crippen molar-refractivity contribution in [2.75, 3.05) is 6.61 Å². The van der Waals surface area contributed by atoms with Crippen LogP contribution in [0.4, 0.5) is 0 Å². The molecule has 2 N–H and O–H groups in total. The van der Waals surface area contributed by atoms with Crippen LogP contribution in [0.25, 0.3) is 0 Å². The molecule has 1 unspecified atom stereocenters. The average molecular weight is 241 g/mol. The Morgan fingerprint density at radius 3 is 2.65 bits per heavy atom. The van der Waals surface area contributed by atoms with Crippen molar-refractivity contribution in [1.29, 1.82) is 0 Å². The second-order valence-corrected chi connectivity index (χ2v) is 4.89. The molecule has 0 aliphatic carbocycles. The first-order valence-electron chi connectivity index (χ1n) is 6.19. The van der Waals surface area contributed by atoms with Crippen molar-refractivity contribution in [2.24, 2.45) is 5.73 Å². The van der Waals surface area contributed by atoms with Gasteiger partial charge in [-0.25, -0.2) is 0 Å². The molecule has 0 aliphatic heterocycles. The van der Waals surface area contributed by atoms with Gasteiger partial charge in [0, 0.05) is 18.6 Å². The molecule has 1 aromatic rings. The van der Waals surface area contributed by atoms with Gasteiger partial charge in [0.25, 0.3) is 0 Å². The molecule has 0 aromatic carbocycles. The lowest BCUT2D eigenvalue weighted by molar-refractivity contribution is 0.0518. The standard InChI is InChI=1S/C12H23N3O2/c1-5-9(16-6-2)11-14-10(17-15-11)7-8-12(3,4)13/h9H,5-8,13H2,1-4H3. The van der Waals surface area contributed by atoms with Crippen molar-refractivity contribution in [1.82, 2.24) is 10.1 Å². The Hall–Kier alpha value is -0.940. The van der Waals surface area contributed by atoms with Crippen LogP contribution in [0.2, 0.25) is 0 Å². The van der Waals surface area contributed by atoms with Gasteiger partial charge in [-0.15, -0.1) is 0 Å². The van der Waals surface area contributed by atoms with Gasteiger partial charge in [-0.1, -0.05) is 12.1 Å². The van der Waals surface area contributed by atoms with Crippen LogP contribution in [0, 0.1) is 0 Å². The van der Waals surface area contributed by atoms with Crippen LogP contribution in [0.3, 0.4) is 0 Å². The van der Waals surface area contributed by atoms with Crippen molar-refractivity contribution in [2.45, 2.75) is 58.6 Å². The third-order valence-electron chi connectivity index (χ3n) is 2.49. The van der Waals surface area contributed by atoms with E-state index in [1.54, 1.807) is 0 Å². The molecular weight excluding hydrogens is 218 g/mol. The summed E-state index contributed by atoms with van der Waals surface area (Å²) in [5.74, 6) is 1.27. The number of hydrogen-bond donors (Lipinski definition) is 1. The zero-order chi connectivity index (χ0) is 12.9. The normalized spacial score (nSPS) is 13.9. The first kappa shape index (κ1) is 14.1. The van der Waals surface area contributed by atoms with E-state index in [1.165, 1.54) is 0 Å². The van der Waals surface area contributed by atoms with E-state index in [4.69, 9.17) is 15.0 Å². The van der Waals surface area contributed by atoms with Crippen LogP contribution in [0.15, 0.2) is 4.52 Å². The van der Waals surface area contributed by atoms with Crippen LogP contribution in [0.5, 0.6) is 0 Å². The number of rotatable bonds is 7. The molecule has 0 amide bonds. The van der Waals surface area contributed by atoms with Gasteiger partial charge < -0.3 is 15.0 Å². The molecule has 1 rings (SSSR count). The van der Waals surface area contributed by atoms with E-state index in [9.17, 15) is 0 Å². The maximum absolute atomic E-state index is 5.91. The molecule has 17 heavy (non-hydrogen) atoms. The van der Waals surface area contributed by atoms with Crippen LogP contribution in [0.1, 0.15) is 58.4 Å². The maximum atomic E-state index is 5.91. The quantitative estimate of drug-likeness (QED) is 0.792. The summed E-state index contributed by atoms with van der Waals surface area (Å²) in [7, 11) is 0. The lowest BCUT2D eigenvalue weighted by atomic mass is 10.0. The molecule has 0 radical (unpaired) electrons. The minimum absolute atomic E-state index is 0.0663. The van der Waals surface area contributed by atoms with E-state index < -0.39 is 0 Å².